The van der Waals surface area contributed by atoms with Crippen LogP contribution in [0.3, 0.4) is 0 Å². The van der Waals surface area contributed by atoms with Gasteiger partial charge in [0.15, 0.2) is 5.82 Å². The molecule has 28 heavy (non-hydrogen) atoms. The van der Waals surface area contributed by atoms with Gasteiger partial charge in [0.1, 0.15) is 5.82 Å². The molecule has 4 rings (SSSR count). The third-order valence-corrected chi connectivity index (χ3v) is 5.14. The molecular formula is C20H22N6O2. The maximum atomic E-state index is 12.5. The van der Waals surface area contributed by atoms with E-state index in [4.69, 9.17) is 4.98 Å². The summed E-state index contributed by atoms with van der Waals surface area (Å²) in [6, 6.07) is 6.86. The highest BCUT2D eigenvalue weighted by Crippen LogP contribution is 2.33. The summed E-state index contributed by atoms with van der Waals surface area (Å²) < 4.78 is 1.78. The third-order valence-electron chi connectivity index (χ3n) is 5.14. The Labute approximate surface area is 162 Å². The minimum atomic E-state index is -0.581. The van der Waals surface area contributed by atoms with Crippen molar-refractivity contribution in [2.75, 3.05) is 0 Å². The molecule has 8 nitrogen and oxygen atoms in total. The number of carbonyl (C=O) groups is 1. The van der Waals surface area contributed by atoms with Gasteiger partial charge in [-0.25, -0.2) is 4.98 Å². The number of aliphatic hydroxyl groups is 1. The molecule has 0 aliphatic heterocycles. The fraction of sp³-hybridized carbons (Fsp3) is 0.350. The molecular weight excluding hydrogens is 356 g/mol. The van der Waals surface area contributed by atoms with E-state index in [1.165, 1.54) is 6.20 Å². The average Bonchev–Trinajstić information content (AvgIpc) is 3.12. The topological polar surface area (TPSA) is 106 Å². The quantitative estimate of drug-likeness (QED) is 0.716. The number of nitrogens with one attached hydrogen (secondary N) is 1. The molecule has 0 aromatic carbocycles. The highest BCUT2D eigenvalue weighted by atomic mass is 16.3. The van der Waals surface area contributed by atoms with Crippen molar-refractivity contribution in [2.24, 2.45) is 7.05 Å². The van der Waals surface area contributed by atoms with Crippen LogP contribution in [0.4, 0.5) is 0 Å². The van der Waals surface area contributed by atoms with Crippen molar-refractivity contribution >= 4 is 5.91 Å². The Hall–Kier alpha value is -3.13. The Balaban J connectivity index is 1.50. The normalized spacial score (nSPS) is 22.0. The summed E-state index contributed by atoms with van der Waals surface area (Å²) >= 11 is 0. The number of nitrogens with zero attached hydrogens (tertiary/aromatic N) is 5. The summed E-state index contributed by atoms with van der Waals surface area (Å²) in [6.45, 7) is 0. The number of aromatic nitrogens is 5. The monoisotopic (exact) mass is 378 g/mol. The summed E-state index contributed by atoms with van der Waals surface area (Å²) in [5.74, 6) is 1.36. The van der Waals surface area contributed by atoms with E-state index in [-0.39, 0.29) is 17.9 Å². The van der Waals surface area contributed by atoms with E-state index < -0.39 is 6.10 Å². The molecule has 144 valence electrons. The number of aliphatic hydroxyl groups excluding tert-OH is 1. The molecule has 1 aliphatic carbocycles. The number of carbonyl (C=O) groups excluding carboxylic acids is 1. The number of hydrogen-bond donors (Lipinski definition) is 2. The fourth-order valence-corrected chi connectivity index (χ4v) is 3.66. The van der Waals surface area contributed by atoms with Crippen molar-refractivity contribution in [1.29, 1.82) is 0 Å². The largest absolute Gasteiger partial charge is 0.391 e. The molecule has 0 spiro atoms. The van der Waals surface area contributed by atoms with E-state index in [9.17, 15) is 9.90 Å². The van der Waals surface area contributed by atoms with Crippen molar-refractivity contribution in [3.63, 3.8) is 0 Å². The van der Waals surface area contributed by atoms with Crippen LogP contribution in [0.15, 0.2) is 49.1 Å². The first-order chi connectivity index (χ1) is 13.6. The van der Waals surface area contributed by atoms with Crippen LogP contribution < -0.4 is 5.32 Å². The van der Waals surface area contributed by atoms with Gasteiger partial charge in [0, 0.05) is 43.3 Å². The van der Waals surface area contributed by atoms with Crippen molar-refractivity contribution in [1.82, 2.24) is 30.0 Å². The number of pyridine rings is 2. The van der Waals surface area contributed by atoms with E-state index in [0.717, 1.165) is 17.8 Å². The molecule has 0 radical (unpaired) electrons. The maximum absolute atomic E-state index is 12.5. The number of rotatable bonds is 4. The molecule has 3 atom stereocenters. The van der Waals surface area contributed by atoms with Crippen molar-refractivity contribution in [2.45, 2.75) is 37.3 Å². The van der Waals surface area contributed by atoms with Gasteiger partial charge in [-0.05, 0) is 43.5 Å². The lowest BCUT2D eigenvalue weighted by Crippen LogP contribution is -2.47. The van der Waals surface area contributed by atoms with E-state index in [0.29, 0.717) is 24.2 Å². The molecule has 0 saturated heterocycles. The van der Waals surface area contributed by atoms with Gasteiger partial charge in [0.05, 0.1) is 17.7 Å². The fourth-order valence-electron chi connectivity index (χ4n) is 3.66. The van der Waals surface area contributed by atoms with Gasteiger partial charge >= 0.3 is 0 Å². The van der Waals surface area contributed by atoms with Crippen LogP contribution in [0.1, 0.15) is 41.4 Å². The smallest absolute Gasteiger partial charge is 0.253 e. The standard InChI is InChI=1S/C20H22N6O2/c1-26-19(24-18(25-26)14-4-2-8-21-11-14)13-6-7-17(27)16(10-13)23-20(28)15-5-3-9-22-12-15/h2-5,8-9,11-13,16-17,27H,6-7,10H2,1H3,(H,23,28)/t13-,16+,17+/m0/s1. The molecule has 3 heterocycles. The third kappa shape index (κ3) is 3.77. The highest BCUT2D eigenvalue weighted by Gasteiger charge is 2.33. The van der Waals surface area contributed by atoms with Crippen LogP contribution >= 0.6 is 0 Å². The second-order valence-corrected chi connectivity index (χ2v) is 7.06. The molecule has 0 bridgehead atoms. The van der Waals surface area contributed by atoms with Crippen LogP contribution in [-0.4, -0.2) is 47.9 Å². The van der Waals surface area contributed by atoms with Crippen molar-refractivity contribution < 1.29 is 9.90 Å². The second-order valence-electron chi connectivity index (χ2n) is 7.06. The van der Waals surface area contributed by atoms with Crippen LogP contribution in [-0.2, 0) is 7.05 Å². The van der Waals surface area contributed by atoms with Gasteiger partial charge in [-0.1, -0.05) is 0 Å². The number of amides is 1. The Morgan fingerprint density at radius 1 is 1.18 bits per heavy atom. The van der Waals surface area contributed by atoms with Gasteiger partial charge in [-0.3, -0.25) is 19.4 Å². The van der Waals surface area contributed by atoms with Gasteiger partial charge < -0.3 is 10.4 Å². The lowest BCUT2D eigenvalue weighted by Gasteiger charge is -2.33. The summed E-state index contributed by atoms with van der Waals surface area (Å²) in [7, 11) is 1.87. The van der Waals surface area contributed by atoms with Crippen molar-refractivity contribution in [3.8, 4) is 11.4 Å². The van der Waals surface area contributed by atoms with Crippen LogP contribution in [0.5, 0.6) is 0 Å². The molecule has 3 aromatic rings. The Morgan fingerprint density at radius 2 is 1.96 bits per heavy atom. The Morgan fingerprint density at radius 3 is 2.68 bits per heavy atom. The first-order valence-electron chi connectivity index (χ1n) is 9.32. The SMILES string of the molecule is Cn1nc(-c2cccnc2)nc1[C@H]1CC[C@@H](O)[C@H](NC(=O)c2cccnc2)C1. The zero-order chi connectivity index (χ0) is 19.5. The van der Waals surface area contributed by atoms with Crippen LogP contribution in [0.2, 0.25) is 0 Å². The summed E-state index contributed by atoms with van der Waals surface area (Å²) in [5, 5.41) is 17.9. The summed E-state index contributed by atoms with van der Waals surface area (Å²) in [6.07, 6.45) is 8.00. The molecule has 1 saturated carbocycles. The minimum absolute atomic E-state index is 0.102. The Bertz CT molecular complexity index is 944. The molecule has 1 aliphatic rings. The van der Waals surface area contributed by atoms with Gasteiger partial charge in [0.2, 0.25) is 0 Å². The first-order valence-corrected chi connectivity index (χ1v) is 9.32. The molecule has 2 N–H and O–H groups in total. The minimum Gasteiger partial charge on any atom is -0.391 e. The maximum Gasteiger partial charge on any atom is 0.253 e. The van der Waals surface area contributed by atoms with E-state index in [2.05, 4.69) is 20.4 Å². The van der Waals surface area contributed by atoms with E-state index in [1.54, 1.807) is 35.4 Å². The first kappa shape index (κ1) is 18.2. The van der Waals surface area contributed by atoms with Crippen molar-refractivity contribution in [3.05, 3.63) is 60.4 Å². The van der Waals surface area contributed by atoms with Gasteiger partial charge in [-0.15, -0.1) is 0 Å². The predicted molar refractivity (Wildman–Crippen MR) is 102 cm³/mol. The second kappa shape index (κ2) is 7.85. The molecule has 1 fully saturated rings. The molecule has 8 heteroatoms. The predicted octanol–water partition coefficient (Wildman–Crippen LogP) is 1.70. The number of hydrogen-bond acceptors (Lipinski definition) is 6. The Kier molecular flexibility index (Phi) is 5.12. The summed E-state index contributed by atoms with van der Waals surface area (Å²) in [4.78, 5) is 25.3. The molecule has 3 aromatic heterocycles. The average molecular weight is 378 g/mol. The van der Waals surface area contributed by atoms with Gasteiger partial charge in [0.25, 0.3) is 5.91 Å². The molecule has 1 amide bonds. The van der Waals surface area contributed by atoms with E-state index in [1.807, 2.05) is 19.2 Å². The zero-order valence-corrected chi connectivity index (χ0v) is 15.6. The van der Waals surface area contributed by atoms with E-state index >= 15 is 0 Å². The number of aryl methyl sites for hydroxylation is 1. The highest BCUT2D eigenvalue weighted by molar-refractivity contribution is 5.94. The van der Waals surface area contributed by atoms with Crippen LogP contribution in [0, 0.1) is 0 Å². The lowest BCUT2D eigenvalue weighted by atomic mass is 9.83. The van der Waals surface area contributed by atoms with Crippen LogP contribution in [0.25, 0.3) is 11.4 Å². The summed E-state index contributed by atoms with van der Waals surface area (Å²) in [5.41, 5.74) is 1.34. The lowest BCUT2D eigenvalue weighted by molar-refractivity contribution is 0.0669. The van der Waals surface area contributed by atoms with Gasteiger partial charge in [-0.2, -0.15) is 5.10 Å². The molecule has 0 unspecified atom stereocenters. The zero-order valence-electron chi connectivity index (χ0n) is 15.6.